The third-order valence-corrected chi connectivity index (χ3v) is 2.91. The topological polar surface area (TPSA) is 66.8 Å². The van der Waals surface area contributed by atoms with Crippen LogP contribution in [0.15, 0.2) is 0 Å². The molecular weight excluding hydrogens is 196 g/mol. The van der Waals surface area contributed by atoms with Crippen LogP contribution in [0.4, 0.5) is 0 Å². The van der Waals surface area contributed by atoms with Gasteiger partial charge in [-0.05, 0) is 39.0 Å². The second kappa shape index (κ2) is 6.08. The van der Waals surface area contributed by atoms with Gasteiger partial charge in [-0.15, -0.1) is 0 Å². The first kappa shape index (κ1) is 12.5. The van der Waals surface area contributed by atoms with Crippen molar-refractivity contribution in [3.8, 4) is 0 Å². The molecule has 0 radical (unpaired) electrons. The summed E-state index contributed by atoms with van der Waals surface area (Å²) in [5.74, 6) is -0.862. The largest absolute Gasteiger partial charge is 0.481 e. The highest BCUT2D eigenvalue weighted by atomic mass is 16.5. The molecule has 0 aromatic carbocycles. The van der Waals surface area contributed by atoms with Gasteiger partial charge in [-0.25, -0.2) is 0 Å². The van der Waals surface area contributed by atoms with E-state index in [1.54, 1.807) is 6.92 Å². The van der Waals surface area contributed by atoms with Crippen LogP contribution in [0.1, 0.15) is 39.0 Å². The van der Waals surface area contributed by atoms with Crippen LogP contribution in [0.5, 0.6) is 0 Å². The number of carbonyl (C=O) groups is 1. The minimum absolute atomic E-state index is 0.179. The predicted molar refractivity (Wildman–Crippen MR) is 55.6 cm³/mol. The second-order valence-corrected chi connectivity index (χ2v) is 4.32. The smallest absolute Gasteiger partial charge is 0.306 e. The lowest BCUT2D eigenvalue weighted by Gasteiger charge is -2.26. The number of aliphatic hydroxyl groups excluding tert-OH is 1. The molecule has 1 unspecified atom stereocenters. The summed E-state index contributed by atoms with van der Waals surface area (Å²) in [7, 11) is 0. The molecule has 1 aliphatic carbocycles. The summed E-state index contributed by atoms with van der Waals surface area (Å²) in [4.78, 5) is 10.7. The van der Waals surface area contributed by atoms with Gasteiger partial charge in [-0.3, -0.25) is 4.79 Å². The van der Waals surface area contributed by atoms with E-state index in [0.717, 1.165) is 12.8 Å². The number of hydrogen-bond donors (Lipinski definition) is 2. The summed E-state index contributed by atoms with van der Waals surface area (Å²) < 4.78 is 5.57. The van der Waals surface area contributed by atoms with Crippen molar-refractivity contribution >= 4 is 5.97 Å². The highest BCUT2D eigenvalue weighted by Crippen LogP contribution is 2.26. The molecule has 0 saturated heterocycles. The first-order valence-electron chi connectivity index (χ1n) is 5.62. The molecule has 0 aromatic heterocycles. The van der Waals surface area contributed by atoms with Gasteiger partial charge in [0.25, 0.3) is 0 Å². The summed E-state index contributed by atoms with van der Waals surface area (Å²) in [6, 6.07) is 0. The minimum Gasteiger partial charge on any atom is -0.481 e. The Bertz CT molecular complexity index is 195. The van der Waals surface area contributed by atoms with Gasteiger partial charge in [-0.1, -0.05) is 0 Å². The zero-order valence-corrected chi connectivity index (χ0v) is 9.19. The van der Waals surface area contributed by atoms with Crippen molar-refractivity contribution in [2.75, 3.05) is 6.61 Å². The third kappa shape index (κ3) is 4.62. The van der Waals surface area contributed by atoms with Gasteiger partial charge in [0, 0.05) is 6.61 Å². The van der Waals surface area contributed by atoms with Crippen LogP contribution in [0.25, 0.3) is 0 Å². The molecule has 0 spiro atoms. The average Bonchev–Trinajstić information content (AvgIpc) is 2.18. The molecule has 0 amide bonds. The highest BCUT2D eigenvalue weighted by Gasteiger charge is 2.26. The molecule has 1 fully saturated rings. The van der Waals surface area contributed by atoms with Crippen molar-refractivity contribution < 1.29 is 19.7 Å². The molecule has 4 nitrogen and oxygen atoms in total. The molecule has 0 aromatic rings. The molecule has 2 N–H and O–H groups in total. The zero-order chi connectivity index (χ0) is 11.3. The van der Waals surface area contributed by atoms with Crippen LogP contribution >= 0.6 is 0 Å². The number of carboxylic acids is 1. The van der Waals surface area contributed by atoms with E-state index in [2.05, 4.69) is 0 Å². The normalized spacial score (nSPS) is 28.7. The number of rotatable bonds is 5. The summed E-state index contributed by atoms with van der Waals surface area (Å²) in [5, 5.41) is 17.8. The molecule has 0 bridgehead atoms. The van der Waals surface area contributed by atoms with Crippen LogP contribution in [-0.2, 0) is 9.53 Å². The number of aliphatic hydroxyl groups is 1. The van der Waals surface area contributed by atoms with Gasteiger partial charge in [0.05, 0.1) is 18.1 Å². The Balaban J connectivity index is 2.12. The highest BCUT2D eigenvalue weighted by molar-refractivity contribution is 5.69. The van der Waals surface area contributed by atoms with Crippen LogP contribution in [0, 0.1) is 5.92 Å². The Kier molecular flexibility index (Phi) is 5.05. The fraction of sp³-hybridized carbons (Fsp3) is 0.909. The SMILES string of the molecule is CC(O)CCOC1CCC(C(=O)O)CC1. The van der Waals surface area contributed by atoms with Crippen molar-refractivity contribution in [3.05, 3.63) is 0 Å². The van der Waals surface area contributed by atoms with Crippen LogP contribution in [-0.4, -0.2) is 35.0 Å². The number of ether oxygens (including phenoxy) is 1. The van der Waals surface area contributed by atoms with Gasteiger partial charge >= 0.3 is 5.97 Å². The average molecular weight is 216 g/mol. The predicted octanol–water partition coefficient (Wildman–Crippen LogP) is 1.42. The lowest BCUT2D eigenvalue weighted by atomic mass is 9.87. The Morgan fingerprint density at radius 3 is 2.47 bits per heavy atom. The summed E-state index contributed by atoms with van der Waals surface area (Å²) >= 11 is 0. The van der Waals surface area contributed by atoms with E-state index in [9.17, 15) is 4.79 Å². The fourth-order valence-corrected chi connectivity index (χ4v) is 1.88. The number of carboxylic acid groups (broad SMARTS) is 1. The Morgan fingerprint density at radius 2 is 2.00 bits per heavy atom. The lowest BCUT2D eigenvalue weighted by Crippen LogP contribution is -2.26. The molecule has 0 heterocycles. The first-order valence-corrected chi connectivity index (χ1v) is 5.62. The van der Waals surface area contributed by atoms with Crippen LogP contribution in [0.3, 0.4) is 0 Å². The van der Waals surface area contributed by atoms with Crippen LogP contribution < -0.4 is 0 Å². The Labute approximate surface area is 90.2 Å². The van der Waals surface area contributed by atoms with E-state index in [0.29, 0.717) is 25.9 Å². The van der Waals surface area contributed by atoms with Gasteiger partial charge in [0.2, 0.25) is 0 Å². The Morgan fingerprint density at radius 1 is 1.40 bits per heavy atom. The minimum atomic E-state index is -0.683. The van der Waals surface area contributed by atoms with E-state index in [-0.39, 0.29) is 18.1 Å². The molecule has 1 aliphatic rings. The maximum absolute atomic E-state index is 10.7. The van der Waals surface area contributed by atoms with E-state index in [1.165, 1.54) is 0 Å². The van der Waals surface area contributed by atoms with Gasteiger partial charge in [0.15, 0.2) is 0 Å². The van der Waals surface area contributed by atoms with Gasteiger partial charge in [-0.2, -0.15) is 0 Å². The molecule has 4 heteroatoms. The molecule has 1 atom stereocenters. The monoisotopic (exact) mass is 216 g/mol. The maximum atomic E-state index is 10.7. The Hall–Kier alpha value is -0.610. The van der Waals surface area contributed by atoms with Crippen molar-refractivity contribution in [1.29, 1.82) is 0 Å². The number of hydrogen-bond acceptors (Lipinski definition) is 3. The van der Waals surface area contributed by atoms with Gasteiger partial charge in [0.1, 0.15) is 0 Å². The third-order valence-electron chi connectivity index (χ3n) is 2.91. The van der Waals surface area contributed by atoms with Crippen molar-refractivity contribution in [1.82, 2.24) is 0 Å². The van der Waals surface area contributed by atoms with Crippen molar-refractivity contribution in [3.63, 3.8) is 0 Å². The summed E-state index contributed by atoms with van der Waals surface area (Å²) in [6.07, 6.45) is 3.62. The standard InChI is InChI=1S/C11H20O4/c1-8(12)6-7-15-10-4-2-9(3-5-10)11(13)14/h8-10,12H,2-7H2,1H3,(H,13,14). The molecule has 0 aliphatic heterocycles. The molecular formula is C11H20O4. The zero-order valence-electron chi connectivity index (χ0n) is 9.19. The molecule has 88 valence electrons. The van der Waals surface area contributed by atoms with Crippen molar-refractivity contribution in [2.24, 2.45) is 5.92 Å². The molecule has 1 rings (SSSR count). The maximum Gasteiger partial charge on any atom is 0.306 e. The van der Waals surface area contributed by atoms with Crippen LogP contribution in [0.2, 0.25) is 0 Å². The summed E-state index contributed by atoms with van der Waals surface area (Å²) in [6.45, 7) is 2.31. The molecule has 1 saturated carbocycles. The molecule has 15 heavy (non-hydrogen) atoms. The number of aliphatic carboxylic acids is 1. The quantitative estimate of drug-likeness (QED) is 0.729. The first-order chi connectivity index (χ1) is 7.09. The summed E-state index contributed by atoms with van der Waals surface area (Å²) in [5.41, 5.74) is 0. The van der Waals surface area contributed by atoms with Gasteiger partial charge < -0.3 is 14.9 Å². The van der Waals surface area contributed by atoms with E-state index in [1.807, 2.05) is 0 Å². The van der Waals surface area contributed by atoms with E-state index in [4.69, 9.17) is 14.9 Å². The second-order valence-electron chi connectivity index (χ2n) is 4.32. The van der Waals surface area contributed by atoms with E-state index < -0.39 is 5.97 Å². The van der Waals surface area contributed by atoms with Crippen molar-refractivity contribution in [2.45, 2.75) is 51.2 Å². The van der Waals surface area contributed by atoms with E-state index >= 15 is 0 Å². The fourth-order valence-electron chi connectivity index (χ4n) is 1.88. The lowest BCUT2D eigenvalue weighted by molar-refractivity contribution is -0.143.